The van der Waals surface area contributed by atoms with Crippen LogP contribution >= 0.6 is 0 Å². The summed E-state index contributed by atoms with van der Waals surface area (Å²) >= 11 is 0. The Morgan fingerprint density at radius 2 is 1.81 bits per heavy atom. The molecule has 164 valence electrons. The van der Waals surface area contributed by atoms with Crippen LogP contribution in [0.3, 0.4) is 0 Å². The van der Waals surface area contributed by atoms with Crippen molar-refractivity contribution in [3.63, 3.8) is 0 Å². The lowest BCUT2D eigenvalue weighted by molar-refractivity contribution is 0.100. The zero-order valence-corrected chi connectivity index (χ0v) is 18.7. The molecule has 0 spiro atoms. The topological polar surface area (TPSA) is 132 Å². The molecule has 0 atom stereocenters. The van der Waals surface area contributed by atoms with Crippen molar-refractivity contribution >= 4 is 33.3 Å². The summed E-state index contributed by atoms with van der Waals surface area (Å²) in [5, 5.41) is 7.84. The average molecular weight is 443 g/mol. The van der Waals surface area contributed by atoms with E-state index < -0.39 is 21.5 Å². The summed E-state index contributed by atoms with van der Waals surface area (Å²) < 4.78 is 27.8. The normalized spacial score (nSPS) is 11.9. The fraction of sp³-hybridized carbons (Fsp3) is 0.286. The molecule has 0 saturated carbocycles. The molecule has 0 fully saturated rings. The number of benzene rings is 1. The number of hydrogen-bond donors (Lipinski definition) is 3. The first-order chi connectivity index (χ1) is 14.5. The van der Waals surface area contributed by atoms with E-state index in [2.05, 4.69) is 20.1 Å². The Hall–Kier alpha value is -3.40. The van der Waals surface area contributed by atoms with Gasteiger partial charge in [-0.15, -0.1) is 0 Å². The second-order valence-corrected chi connectivity index (χ2v) is 9.95. The van der Waals surface area contributed by atoms with Gasteiger partial charge in [-0.1, -0.05) is 18.2 Å². The van der Waals surface area contributed by atoms with Crippen molar-refractivity contribution in [3.05, 3.63) is 54.2 Å². The standard InChI is InChI=1S/C21H26N6O3S/c1-5-31(29,30)26-15-11-9-14(10-12-15)18-17(19(22)28)20(27(25-18)21(2,3)4)24-16-8-6-7-13-23-16/h6-13,26H,5H2,1-4H3,(H2,22,28)(H,23,24). The Labute approximate surface area is 181 Å². The molecule has 4 N–H and O–H groups in total. The maximum atomic E-state index is 12.5. The smallest absolute Gasteiger partial charge is 0.254 e. The fourth-order valence-electron chi connectivity index (χ4n) is 2.96. The van der Waals surface area contributed by atoms with Gasteiger partial charge in [-0.2, -0.15) is 5.10 Å². The largest absolute Gasteiger partial charge is 0.365 e. The number of anilines is 3. The van der Waals surface area contributed by atoms with Crippen LogP contribution in [0.1, 0.15) is 38.1 Å². The Morgan fingerprint density at radius 3 is 2.32 bits per heavy atom. The van der Waals surface area contributed by atoms with Gasteiger partial charge in [0.05, 0.1) is 11.3 Å². The number of pyridine rings is 1. The van der Waals surface area contributed by atoms with Gasteiger partial charge in [-0.25, -0.2) is 18.1 Å². The fourth-order valence-corrected chi connectivity index (χ4v) is 3.60. The lowest BCUT2D eigenvalue weighted by Gasteiger charge is -2.23. The van der Waals surface area contributed by atoms with Crippen molar-refractivity contribution in [2.45, 2.75) is 33.2 Å². The first kappa shape index (κ1) is 22.3. The minimum absolute atomic E-state index is 0.0287. The molecule has 9 nitrogen and oxygen atoms in total. The first-order valence-corrected chi connectivity index (χ1v) is 11.4. The number of primary amides is 1. The molecule has 0 aliphatic heterocycles. The summed E-state index contributed by atoms with van der Waals surface area (Å²) in [5.41, 5.74) is 6.96. The summed E-state index contributed by atoms with van der Waals surface area (Å²) in [4.78, 5) is 16.7. The molecule has 0 radical (unpaired) electrons. The summed E-state index contributed by atoms with van der Waals surface area (Å²) in [5.74, 6) is 0.314. The van der Waals surface area contributed by atoms with E-state index in [1.54, 1.807) is 54.2 Å². The number of nitrogens with zero attached hydrogens (tertiary/aromatic N) is 3. The van der Waals surface area contributed by atoms with Crippen molar-refractivity contribution in [2.24, 2.45) is 5.73 Å². The first-order valence-electron chi connectivity index (χ1n) is 9.74. The van der Waals surface area contributed by atoms with Gasteiger partial charge in [-0.05, 0) is 52.0 Å². The van der Waals surface area contributed by atoms with Crippen LogP contribution in [0.15, 0.2) is 48.7 Å². The number of nitrogens with one attached hydrogen (secondary N) is 2. The third kappa shape index (κ3) is 5.02. The quantitative estimate of drug-likeness (QED) is 0.514. The van der Waals surface area contributed by atoms with E-state index in [9.17, 15) is 13.2 Å². The summed E-state index contributed by atoms with van der Waals surface area (Å²) in [7, 11) is -3.39. The molecule has 0 saturated heterocycles. The molecule has 1 amide bonds. The second-order valence-electron chi connectivity index (χ2n) is 7.94. The second kappa shape index (κ2) is 8.38. The number of sulfonamides is 1. The Balaban J connectivity index is 2.11. The van der Waals surface area contributed by atoms with Crippen LogP contribution in [0, 0.1) is 0 Å². The van der Waals surface area contributed by atoms with Gasteiger partial charge in [0.15, 0.2) is 0 Å². The Kier molecular flexibility index (Phi) is 6.03. The SMILES string of the molecule is CCS(=O)(=O)Nc1ccc(-c2nn(C(C)(C)C)c(Nc3ccccn3)c2C(N)=O)cc1. The molecule has 0 aliphatic carbocycles. The van der Waals surface area contributed by atoms with E-state index in [1.165, 1.54) is 0 Å². The van der Waals surface area contributed by atoms with E-state index in [-0.39, 0.29) is 11.3 Å². The molecular formula is C21H26N6O3S. The lowest BCUT2D eigenvalue weighted by atomic mass is 10.1. The van der Waals surface area contributed by atoms with Crippen molar-refractivity contribution < 1.29 is 13.2 Å². The number of hydrogen-bond acceptors (Lipinski definition) is 6. The van der Waals surface area contributed by atoms with Crippen LogP contribution < -0.4 is 15.8 Å². The van der Waals surface area contributed by atoms with Gasteiger partial charge in [0.25, 0.3) is 5.91 Å². The van der Waals surface area contributed by atoms with Crippen LogP contribution in [0.5, 0.6) is 0 Å². The van der Waals surface area contributed by atoms with E-state index >= 15 is 0 Å². The van der Waals surface area contributed by atoms with Gasteiger partial charge < -0.3 is 11.1 Å². The van der Waals surface area contributed by atoms with Crippen LogP contribution in [0.4, 0.5) is 17.3 Å². The van der Waals surface area contributed by atoms with Crippen LogP contribution in [0.25, 0.3) is 11.3 Å². The molecule has 10 heteroatoms. The molecule has 0 bridgehead atoms. The highest BCUT2D eigenvalue weighted by atomic mass is 32.2. The maximum absolute atomic E-state index is 12.5. The van der Waals surface area contributed by atoms with Crippen molar-refractivity contribution in [1.29, 1.82) is 0 Å². The lowest BCUT2D eigenvalue weighted by Crippen LogP contribution is -2.25. The van der Waals surface area contributed by atoms with Crippen molar-refractivity contribution in [1.82, 2.24) is 14.8 Å². The third-order valence-electron chi connectivity index (χ3n) is 4.49. The number of nitrogens with two attached hydrogens (primary N) is 1. The number of carbonyl (C=O) groups is 1. The molecule has 31 heavy (non-hydrogen) atoms. The monoisotopic (exact) mass is 442 g/mol. The maximum Gasteiger partial charge on any atom is 0.254 e. The van der Waals surface area contributed by atoms with Crippen molar-refractivity contribution in [2.75, 3.05) is 15.8 Å². The molecule has 2 heterocycles. The third-order valence-corrected chi connectivity index (χ3v) is 5.80. The van der Waals surface area contributed by atoms with Crippen LogP contribution in [0.2, 0.25) is 0 Å². The minimum atomic E-state index is -3.39. The molecular weight excluding hydrogens is 416 g/mol. The minimum Gasteiger partial charge on any atom is -0.365 e. The number of aromatic nitrogens is 3. The average Bonchev–Trinajstić information content (AvgIpc) is 3.09. The number of carbonyl (C=O) groups excluding carboxylic acids is 1. The van der Waals surface area contributed by atoms with E-state index in [1.807, 2.05) is 26.8 Å². The highest BCUT2D eigenvalue weighted by Gasteiger charge is 2.29. The summed E-state index contributed by atoms with van der Waals surface area (Å²) in [6, 6.07) is 12.0. The van der Waals surface area contributed by atoms with Gasteiger partial charge in [0.1, 0.15) is 22.9 Å². The predicted octanol–water partition coefficient (Wildman–Crippen LogP) is 3.30. The van der Waals surface area contributed by atoms with E-state index in [0.717, 1.165) is 0 Å². The summed E-state index contributed by atoms with van der Waals surface area (Å²) in [6.45, 7) is 7.44. The van der Waals surface area contributed by atoms with Gasteiger partial charge in [0, 0.05) is 17.4 Å². The summed E-state index contributed by atoms with van der Waals surface area (Å²) in [6.07, 6.45) is 1.64. The van der Waals surface area contributed by atoms with Crippen LogP contribution in [-0.4, -0.2) is 34.8 Å². The molecule has 1 aromatic carbocycles. The zero-order valence-electron chi connectivity index (χ0n) is 17.9. The predicted molar refractivity (Wildman–Crippen MR) is 122 cm³/mol. The molecule has 0 unspecified atom stereocenters. The highest BCUT2D eigenvalue weighted by molar-refractivity contribution is 7.92. The van der Waals surface area contributed by atoms with Crippen molar-refractivity contribution in [3.8, 4) is 11.3 Å². The molecule has 2 aromatic heterocycles. The Bertz CT molecular complexity index is 1180. The van der Waals surface area contributed by atoms with E-state index in [0.29, 0.717) is 28.6 Å². The molecule has 3 aromatic rings. The zero-order chi connectivity index (χ0) is 22.8. The highest BCUT2D eigenvalue weighted by Crippen LogP contribution is 2.34. The Morgan fingerprint density at radius 1 is 1.13 bits per heavy atom. The van der Waals surface area contributed by atoms with Crippen LogP contribution in [-0.2, 0) is 15.6 Å². The van der Waals surface area contributed by atoms with Gasteiger partial charge >= 0.3 is 0 Å². The van der Waals surface area contributed by atoms with Gasteiger partial charge in [-0.3, -0.25) is 9.52 Å². The molecule has 3 rings (SSSR count). The number of amides is 1. The number of rotatable bonds is 7. The van der Waals surface area contributed by atoms with E-state index in [4.69, 9.17) is 5.73 Å². The molecule has 0 aliphatic rings. The van der Waals surface area contributed by atoms with Gasteiger partial charge in [0.2, 0.25) is 10.0 Å².